The molecular formula is C21H32O2. The first-order valence-corrected chi connectivity index (χ1v) is 9.88. The van der Waals surface area contributed by atoms with Gasteiger partial charge in [-0.3, -0.25) is 9.59 Å². The Hall–Kier alpha value is -0.660. The van der Waals surface area contributed by atoms with Gasteiger partial charge in [0.05, 0.1) is 0 Å². The standard InChI is InChI=1S/C21H32O2/c1-13(22)17-6-7-18-16-5-4-14-12-15(23)8-10-20(14,2)19(16)9-11-21(17,18)3/h14,16-19H,4-12H2,1-3H3/t14-,16?,17-,18?,19?,20?,21-/m1/s1. The molecule has 4 unspecified atom stereocenters. The zero-order valence-electron chi connectivity index (χ0n) is 15.1. The third kappa shape index (κ3) is 2.12. The normalized spacial score (nSPS) is 52.5. The molecule has 0 spiro atoms. The van der Waals surface area contributed by atoms with E-state index in [0.29, 0.717) is 28.8 Å². The maximum atomic E-state index is 12.2. The molecule has 0 aromatic carbocycles. The number of rotatable bonds is 1. The zero-order valence-corrected chi connectivity index (χ0v) is 15.1. The highest BCUT2D eigenvalue weighted by Gasteiger charge is 2.60. The van der Waals surface area contributed by atoms with Crippen molar-refractivity contribution < 1.29 is 9.59 Å². The predicted molar refractivity (Wildman–Crippen MR) is 90.9 cm³/mol. The van der Waals surface area contributed by atoms with Crippen LogP contribution in [0.1, 0.15) is 78.6 Å². The fourth-order valence-electron chi connectivity index (χ4n) is 7.71. The lowest BCUT2D eigenvalue weighted by molar-refractivity contribution is -0.143. The summed E-state index contributed by atoms with van der Waals surface area (Å²) in [5, 5.41) is 0. The molecule has 2 heteroatoms. The van der Waals surface area contributed by atoms with E-state index in [-0.39, 0.29) is 5.41 Å². The van der Waals surface area contributed by atoms with Gasteiger partial charge in [0, 0.05) is 18.8 Å². The molecule has 4 rings (SSSR count). The Kier molecular flexibility index (Phi) is 3.56. The van der Waals surface area contributed by atoms with Crippen molar-refractivity contribution in [3.8, 4) is 0 Å². The molecule has 0 radical (unpaired) electrons. The van der Waals surface area contributed by atoms with Crippen LogP contribution < -0.4 is 0 Å². The van der Waals surface area contributed by atoms with Crippen LogP contribution in [0.25, 0.3) is 0 Å². The first kappa shape index (κ1) is 15.8. The average Bonchev–Trinajstić information content (AvgIpc) is 2.85. The molecule has 4 aliphatic rings. The van der Waals surface area contributed by atoms with Gasteiger partial charge in [-0.25, -0.2) is 0 Å². The van der Waals surface area contributed by atoms with E-state index >= 15 is 0 Å². The molecule has 0 bridgehead atoms. The van der Waals surface area contributed by atoms with E-state index in [4.69, 9.17) is 0 Å². The topological polar surface area (TPSA) is 34.1 Å². The van der Waals surface area contributed by atoms with Gasteiger partial charge in [-0.1, -0.05) is 13.8 Å². The fourth-order valence-corrected chi connectivity index (χ4v) is 7.71. The number of fused-ring (bicyclic) bond motifs is 5. The molecule has 128 valence electrons. The molecule has 0 amide bonds. The minimum absolute atomic E-state index is 0.265. The highest BCUT2D eigenvalue weighted by molar-refractivity contribution is 5.80. The van der Waals surface area contributed by atoms with Crippen molar-refractivity contribution in [2.75, 3.05) is 0 Å². The van der Waals surface area contributed by atoms with Gasteiger partial charge >= 0.3 is 0 Å². The molecule has 4 saturated carbocycles. The summed E-state index contributed by atoms with van der Waals surface area (Å²) in [7, 11) is 0. The lowest BCUT2D eigenvalue weighted by Gasteiger charge is -2.60. The van der Waals surface area contributed by atoms with Crippen LogP contribution in [0.4, 0.5) is 0 Å². The second-order valence-corrected chi connectivity index (χ2v) is 9.68. The van der Waals surface area contributed by atoms with Crippen LogP contribution in [0.2, 0.25) is 0 Å². The van der Waals surface area contributed by atoms with Crippen molar-refractivity contribution >= 4 is 11.6 Å². The van der Waals surface area contributed by atoms with Gasteiger partial charge in [0.15, 0.2) is 0 Å². The fraction of sp³-hybridized carbons (Fsp3) is 0.905. The van der Waals surface area contributed by atoms with Gasteiger partial charge in [0.1, 0.15) is 11.6 Å². The van der Waals surface area contributed by atoms with Gasteiger partial charge < -0.3 is 0 Å². The molecule has 0 aromatic rings. The van der Waals surface area contributed by atoms with E-state index < -0.39 is 0 Å². The van der Waals surface area contributed by atoms with Gasteiger partial charge in [0.25, 0.3) is 0 Å². The molecule has 4 fully saturated rings. The number of hydrogen-bond acceptors (Lipinski definition) is 2. The smallest absolute Gasteiger partial charge is 0.133 e. The summed E-state index contributed by atoms with van der Waals surface area (Å²) in [5.74, 6) is 4.25. The number of carbonyl (C=O) groups excluding carboxylic acids is 2. The van der Waals surface area contributed by atoms with Crippen LogP contribution in [0.3, 0.4) is 0 Å². The zero-order chi connectivity index (χ0) is 16.4. The number of carbonyl (C=O) groups is 2. The summed E-state index contributed by atoms with van der Waals surface area (Å²) in [5.41, 5.74) is 0.660. The minimum Gasteiger partial charge on any atom is -0.300 e. The van der Waals surface area contributed by atoms with Gasteiger partial charge in [0.2, 0.25) is 0 Å². The molecular weight excluding hydrogens is 284 g/mol. The molecule has 7 atom stereocenters. The highest BCUT2D eigenvalue weighted by atomic mass is 16.1. The molecule has 0 saturated heterocycles. The first-order chi connectivity index (χ1) is 10.9. The van der Waals surface area contributed by atoms with E-state index in [1.807, 2.05) is 6.92 Å². The molecule has 0 aliphatic heterocycles. The summed E-state index contributed by atoms with van der Waals surface area (Å²) in [4.78, 5) is 24.1. The van der Waals surface area contributed by atoms with Crippen molar-refractivity contribution in [1.29, 1.82) is 0 Å². The van der Waals surface area contributed by atoms with Gasteiger partial charge in [-0.15, -0.1) is 0 Å². The van der Waals surface area contributed by atoms with Crippen LogP contribution in [0, 0.1) is 40.4 Å². The van der Waals surface area contributed by atoms with Crippen molar-refractivity contribution in [1.82, 2.24) is 0 Å². The van der Waals surface area contributed by atoms with E-state index in [9.17, 15) is 9.59 Å². The largest absolute Gasteiger partial charge is 0.300 e. The Bertz CT molecular complexity index is 538. The van der Waals surface area contributed by atoms with E-state index in [2.05, 4.69) is 13.8 Å². The molecule has 4 aliphatic carbocycles. The number of hydrogen-bond donors (Lipinski definition) is 0. The quantitative estimate of drug-likeness (QED) is 0.696. The minimum atomic E-state index is 0.265. The summed E-state index contributed by atoms with van der Waals surface area (Å²) in [6.07, 6.45) is 10.3. The Labute approximate surface area is 140 Å². The Morgan fingerprint density at radius 2 is 1.70 bits per heavy atom. The Morgan fingerprint density at radius 3 is 2.43 bits per heavy atom. The van der Waals surface area contributed by atoms with Crippen LogP contribution in [0.15, 0.2) is 0 Å². The van der Waals surface area contributed by atoms with Crippen molar-refractivity contribution in [3.05, 3.63) is 0 Å². The predicted octanol–water partition coefficient (Wildman–Crippen LogP) is 4.80. The molecule has 0 aromatic heterocycles. The van der Waals surface area contributed by atoms with Crippen LogP contribution in [0.5, 0.6) is 0 Å². The number of ketones is 2. The second kappa shape index (κ2) is 5.17. The Balaban J connectivity index is 1.63. The monoisotopic (exact) mass is 316 g/mol. The van der Waals surface area contributed by atoms with E-state index in [1.165, 1.54) is 32.1 Å². The number of Topliss-reactive ketones (excluding diaryl/α,β-unsaturated/α-hetero) is 2. The second-order valence-electron chi connectivity index (χ2n) is 9.68. The molecule has 2 nitrogen and oxygen atoms in total. The van der Waals surface area contributed by atoms with Crippen molar-refractivity contribution in [3.63, 3.8) is 0 Å². The lowest BCUT2D eigenvalue weighted by Crippen LogP contribution is -2.53. The SMILES string of the molecule is CC(=O)[C@H]1CCC2C3CC[C@@H]4CC(=O)CCC4(C)C3CC[C@@]21C. The van der Waals surface area contributed by atoms with Crippen molar-refractivity contribution in [2.24, 2.45) is 40.4 Å². The Morgan fingerprint density at radius 1 is 0.957 bits per heavy atom. The summed E-state index contributed by atoms with van der Waals surface area (Å²) >= 11 is 0. The maximum absolute atomic E-state index is 12.2. The van der Waals surface area contributed by atoms with Crippen LogP contribution in [-0.2, 0) is 9.59 Å². The van der Waals surface area contributed by atoms with E-state index in [1.54, 1.807) is 0 Å². The lowest BCUT2D eigenvalue weighted by atomic mass is 9.44. The van der Waals surface area contributed by atoms with E-state index in [0.717, 1.165) is 43.4 Å². The molecule has 23 heavy (non-hydrogen) atoms. The van der Waals surface area contributed by atoms with Crippen LogP contribution >= 0.6 is 0 Å². The average molecular weight is 316 g/mol. The highest BCUT2D eigenvalue weighted by Crippen LogP contribution is 2.67. The van der Waals surface area contributed by atoms with Gasteiger partial charge in [-0.05, 0) is 86.4 Å². The third-order valence-electron chi connectivity index (χ3n) is 8.97. The summed E-state index contributed by atoms with van der Waals surface area (Å²) < 4.78 is 0. The maximum Gasteiger partial charge on any atom is 0.133 e. The van der Waals surface area contributed by atoms with Crippen LogP contribution in [-0.4, -0.2) is 11.6 Å². The van der Waals surface area contributed by atoms with Gasteiger partial charge in [-0.2, -0.15) is 0 Å². The summed E-state index contributed by atoms with van der Waals surface area (Å²) in [6.45, 7) is 6.74. The first-order valence-electron chi connectivity index (χ1n) is 9.88. The third-order valence-corrected chi connectivity index (χ3v) is 8.97. The molecule has 0 heterocycles. The van der Waals surface area contributed by atoms with Crippen molar-refractivity contribution in [2.45, 2.75) is 78.6 Å². The molecule has 0 N–H and O–H groups in total. The summed E-state index contributed by atoms with van der Waals surface area (Å²) in [6, 6.07) is 0.